The summed E-state index contributed by atoms with van der Waals surface area (Å²) in [5, 5.41) is 19.5. The van der Waals surface area contributed by atoms with Gasteiger partial charge >= 0.3 is 0 Å². The molecule has 0 fully saturated rings. The van der Waals surface area contributed by atoms with Crippen LogP contribution in [0.4, 0.5) is 0 Å². The fourth-order valence-electron chi connectivity index (χ4n) is 2.37. The Labute approximate surface area is 116 Å². The van der Waals surface area contributed by atoms with E-state index in [4.69, 9.17) is 0 Å². The molecule has 0 unspecified atom stereocenters. The first kappa shape index (κ1) is 12.5. The van der Waals surface area contributed by atoms with Crippen LogP contribution in [-0.4, -0.2) is 24.7 Å². The molecule has 3 aromatic rings. The van der Waals surface area contributed by atoms with E-state index in [2.05, 4.69) is 23.8 Å². The van der Waals surface area contributed by atoms with Crippen LogP contribution in [0.5, 0.6) is 11.5 Å². The molecule has 0 aliphatic carbocycles. The van der Waals surface area contributed by atoms with Crippen molar-refractivity contribution in [3.63, 3.8) is 0 Å². The molecular weight excluding hydrogens is 254 g/mol. The topological polar surface area (TPSA) is 71.2 Å². The monoisotopic (exact) mass is 269 g/mol. The summed E-state index contributed by atoms with van der Waals surface area (Å²) in [6.45, 7) is 4.12. The summed E-state index contributed by atoms with van der Waals surface area (Å²) in [6.07, 6.45) is 3.43. The summed E-state index contributed by atoms with van der Waals surface area (Å²) < 4.78 is 2.04. The maximum absolute atomic E-state index is 10.0. The van der Waals surface area contributed by atoms with Gasteiger partial charge in [-0.2, -0.15) is 0 Å². The second-order valence-electron chi connectivity index (χ2n) is 4.97. The third-order valence-corrected chi connectivity index (χ3v) is 3.23. The molecule has 0 radical (unpaired) electrons. The fourth-order valence-corrected chi connectivity index (χ4v) is 2.37. The molecule has 0 atom stereocenters. The molecule has 0 aliphatic heterocycles. The van der Waals surface area contributed by atoms with Gasteiger partial charge in [-0.15, -0.1) is 0 Å². The zero-order chi connectivity index (χ0) is 14.3. The summed E-state index contributed by atoms with van der Waals surface area (Å²) in [4.78, 5) is 8.63. The van der Waals surface area contributed by atoms with Gasteiger partial charge in [0.05, 0.1) is 17.3 Å². The minimum atomic E-state index is 0.00941. The Morgan fingerprint density at radius 2 is 1.95 bits per heavy atom. The first-order valence-corrected chi connectivity index (χ1v) is 6.42. The lowest BCUT2D eigenvalue weighted by Gasteiger charge is -2.13. The highest BCUT2D eigenvalue weighted by Crippen LogP contribution is 2.34. The molecule has 2 N–H and O–H groups in total. The van der Waals surface area contributed by atoms with Crippen LogP contribution in [0.2, 0.25) is 0 Å². The number of phenolic OH excluding ortho intramolecular Hbond substituents is 2. The first-order chi connectivity index (χ1) is 9.58. The summed E-state index contributed by atoms with van der Waals surface area (Å²) in [5.41, 5.74) is 2.34. The van der Waals surface area contributed by atoms with Crippen LogP contribution in [-0.2, 0) is 0 Å². The average molecular weight is 269 g/mol. The van der Waals surface area contributed by atoms with Crippen molar-refractivity contribution >= 4 is 11.0 Å². The summed E-state index contributed by atoms with van der Waals surface area (Å²) >= 11 is 0. The third kappa shape index (κ3) is 1.87. The lowest BCUT2D eigenvalue weighted by atomic mass is 10.1. The number of hydrogen-bond donors (Lipinski definition) is 2. The van der Waals surface area contributed by atoms with E-state index in [1.54, 1.807) is 18.5 Å². The van der Waals surface area contributed by atoms with Gasteiger partial charge in [0.2, 0.25) is 0 Å². The van der Waals surface area contributed by atoms with Gasteiger partial charge in [0.15, 0.2) is 0 Å². The predicted molar refractivity (Wildman–Crippen MR) is 76.7 cm³/mol. The van der Waals surface area contributed by atoms with Crippen molar-refractivity contribution in [2.75, 3.05) is 0 Å². The summed E-state index contributed by atoms with van der Waals surface area (Å²) in [6, 6.07) is 6.61. The van der Waals surface area contributed by atoms with Gasteiger partial charge in [0.1, 0.15) is 22.8 Å². The molecular formula is C15H15N3O2. The van der Waals surface area contributed by atoms with Gasteiger partial charge in [-0.1, -0.05) is 0 Å². The molecule has 5 nitrogen and oxygen atoms in total. The number of rotatable bonds is 2. The second-order valence-corrected chi connectivity index (χ2v) is 4.97. The summed E-state index contributed by atoms with van der Waals surface area (Å²) in [7, 11) is 0. The number of pyridine rings is 1. The molecule has 2 heterocycles. The van der Waals surface area contributed by atoms with Crippen LogP contribution in [0.15, 0.2) is 36.7 Å². The lowest BCUT2D eigenvalue weighted by molar-refractivity contribution is 0.451. The lowest BCUT2D eigenvalue weighted by Crippen LogP contribution is -2.03. The standard InChI is InChI=1S/C15H15N3O2/c1-9(2)18-13-5-6-16-8-12(13)17-15(18)11-4-3-10(19)7-14(11)20/h3-9,19-20H,1-2H3. The fraction of sp³-hybridized carbons (Fsp3) is 0.200. The Morgan fingerprint density at radius 1 is 1.15 bits per heavy atom. The highest BCUT2D eigenvalue weighted by molar-refractivity contribution is 5.81. The van der Waals surface area contributed by atoms with Gasteiger partial charge in [-0.25, -0.2) is 4.98 Å². The number of imidazole rings is 1. The molecule has 0 saturated carbocycles. The van der Waals surface area contributed by atoms with Gasteiger partial charge in [0, 0.05) is 18.3 Å². The van der Waals surface area contributed by atoms with Crippen LogP contribution < -0.4 is 0 Å². The minimum absolute atomic E-state index is 0.00941. The number of fused-ring (bicyclic) bond motifs is 1. The Hall–Kier alpha value is -2.56. The van der Waals surface area contributed by atoms with E-state index in [9.17, 15) is 10.2 Å². The number of phenols is 2. The highest BCUT2D eigenvalue weighted by atomic mass is 16.3. The molecule has 5 heteroatoms. The van der Waals surface area contributed by atoms with Gasteiger partial charge in [0.25, 0.3) is 0 Å². The van der Waals surface area contributed by atoms with Gasteiger partial charge in [-0.3, -0.25) is 4.98 Å². The minimum Gasteiger partial charge on any atom is -0.508 e. The Morgan fingerprint density at radius 3 is 2.65 bits per heavy atom. The molecule has 20 heavy (non-hydrogen) atoms. The largest absolute Gasteiger partial charge is 0.508 e. The van der Waals surface area contributed by atoms with Crippen LogP contribution in [0, 0.1) is 0 Å². The van der Waals surface area contributed by atoms with Crippen LogP contribution in [0.25, 0.3) is 22.4 Å². The van der Waals surface area contributed by atoms with E-state index in [1.165, 1.54) is 12.1 Å². The maximum atomic E-state index is 10.0. The van der Waals surface area contributed by atoms with Crippen molar-refractivity contribution in [3.05, 3.63) is 36.7 Å². The van der Waals surface area contributed by atoms with Crippen molar-refractivity contribution in [3.8, 4) is 22.9 Å². The number of benzene rings is 1. The predicted octanol–water partition coefficient (Wildman–Crippen LogP) is 3.09. The van der Waals surface area contributed by atoms with Crippen molar-refractivity contribution < 1.29 is 10.2 Å². The molecule has 3 rings (SSSR count). The van der Waals surface area contributed by atoms with Crippen molar-refractivity contribution in [1.29, 1.82) is 0 Å². The quantitative estimate of drug-likeness (QED) is 0.750. The van der Waals surface area contributed by atoms with Crippen molar-refractivity contribution in [2.24, 2.45) is 0 Å². The molecule has 1 aromatic carbocycles. The van der Waals surface area contributed by atoms with Crippen molar-refractivity contribution in [1.82, 2.24) is 14.5 Å². The SMILES string of the molecule is CC(C)n1c(-c2ccc(O)cc2O)nc2cnccc21. The van der Waals surface area contributed by atoms with E-state index in [0.29, 0.717) is 11.4 Å². The van der Waals surface area contributed by atoms with Gasteiger partial charge < -0.3 is 14.8 Å². The zero-order valence-corrected chi connectivity index (χ0v) is 11.3. The first-order valence-electron chi connectivity index (χ1n) is 6.42. The number of aromatic nitrogens is 3. The van der Waals surface area contributed by atoms with Crippen LogP contribution >= 0.6 is 0 Å². The third-order valence-electron chi connectivity index (χ3n) is 3.23. The highest BCUT2D eigenvalue weighted by Gasteiger charge is 2.17. The molecule has 0 bridgehead atoms. The average Bonchev–Trinajstić information content (AvgIpc) is 2.77. The molecule has 0 saturated heterocycles. The maximum Gasteiger partial charge on any atom is 0.145 e. The van der Waals surface area contributed by atoms with Crippen LogP contribution in [0.3, 0.4) is 0 Å². The van der Waals surface area contributed by atoms with E-state index >= 15 is 0 Å². The van der Waals surface area contributed by atoms with Crippen LogP contribution in [0.1, 0.15) is 19.9 Å². The van der Waals surface area contributed by atoms with E-state index in [0.717, 1.165) is 11.0 Å². The smallest absolute Gasteiger partial charge is 0.145 e. The Bertz CT molecular complexity index is 778. The normalized spacial score (nSPS) is 11.3. The molecule has 0 spiro atoms. The number of nitrogens with zero attached hydrogens (tertiary/aromatic N) is 3. The Kier molecular flexibility index (Phi) is 2.82. The van der Waals surface area contributed by atoms with E-state index < -0.39 is 0 Å². The second kappa shape index (κ2) is 4.52. The number of hydrogen-bond acceptors (Lipinski definition) is 4. The number of aromatic hydroxyl groups is 2. The van der Waals surface area contributed by atoms with Gasteiger partial charge in [-0.05, 0) is 32.0 Å². The Balaban J connectivity index is 2.32. The molecule has 0 amide bonds. The molecule has 2 aromatic heterocycles. The molecule has 0 aliphatic rings. The van der Waals surface area contributed by atoms with E-state index in [1.807, 2.05) is 10.6 Å². The zero-order valence-electron chi connectivity index (χ0n) is 11.3. The molecule has 102 valence electrons. The van der Waals surface area contributed by atoms with E-state index in [-0.39, 0.29) is 17.5 Å². The van der Waals surface area contributed by atoms with Crippen molar-refractivity contribution in [2.45, 2.75) is 19.9 Å². The summed E-state index contributed by atoms with van der Waals surface area (Å²) in [5.74, 6) is 0.704.